The average molecular weight is 341 g/mol. The first-order valence-electron chi connectivity index (χ1n) is 8.46. The lowest BCUT2D eigenvalue weighted by Gasteiger charge is -2.34. The average Bonchev–Trinajstić information content (AvgIpc) is 3.17. The summed E-state index contributed by atoms with van der Waals surface area (Å²) < 4.78 is 5.16. The molecule has 6 nitrogen and oxygen atoms in total. The second kappa shape index (κ2) is 7.98. The first-order chi connectivity index (χ1) is 12.1. The lowest BCUT2D eigenvalue weighted by molar-refractivity contribution is -0.132. The van der Waals surface area contributed by atoms with Crippen LogP contribution < -0.4 is 0 Å². The molecule has 0 atom stereocenters. The van der Waals surface area contributed by atoms with Crippen LogP contribution in [0.1, 0.15) is 16.1 Å². The molecule has 0 radical (unpaired) electrons. The minimum absolute atomic E-state index is 0.0860. The van der Waals surface area contributed by atoms with Crippen molar-refractivity contribution in [2.24, 2.45) is 0 Å². The number of carbonyl (C=O) groups excluding carboxylic acids is 2. The van der Waals surface area contributed by atoms with Gasteiger partial charge in [0.1, 0.15) is 0 Å². The van der Waals surface area contributed by atoms with E-state index in [4.69, 9.17) is 4.42 Å². The zero-order valence-electron chi connectivity index (χ0n) is 14.4. The molecule has 0 aliphatic carbocycles. The van der Waals surface area contributed by atoms with E-state index in [1.54, 1.807) is 21.9 Å². The number of benzene rings is 1. The van der Waals surface area contributed by atoms with Crippen LogP contribution >= 0.6 is 0 Å². The Bertz CT molecular complexity index is 692. The van der Waals surface area contributed by atoms with E-state index in [9.17, 15) is 9.59 Å². The van der Waals surface area contributed by atoms with Gasteiger partial charge in [-0.1, -0.05) is 30.3 Å². The van der Waals surface area contributed by atoms with Crippen molar-refractivity contribution in [2.75, 3.05) is 39.8 Å². The van der Waals surface area contributed by atoms with Gasteiger partial charge >= 0.3 is 0 Å². The van der Waals surface area contributed by atoms with Gasteiger partial charge in [0.15, 0.2) is 5.76 Å². The molecular weight excluding hydrogens is 318 g/mol. The zero-order valence-corrected chi connectivity index (χ0v) is 14.4. The normalized spacial score (nSPS) is 15.2. The molecule has 1 fully saturated rings. The monoisotopic (exact) mass is 341 g/mol. The Morgan fingerprint density at radius 2 is 1.76 bits per heavy atom. The zero-order chi connectivity index (χ0) is 17.6. The highest BCUT2D eigenvalue weighted by atomic mass is 16.3. The van der Waals surface area contributed by atoms with Gasteiger partial charge in [-0.15, -0.1) is 0 Å². The molecular formula is C19H23N3O3. The highest BCUT2D eigenvalue weighted by Crippen LogP contribution is 2.10. The van der Waals surface area contributed by atoms with Crippen LogP contribution in [-0.4, -0.2) is 66.3 Å². The Kier molecular flexibility index (Phi) is 5.50. The van der Waals surface area contributed by atoms with Crippen LogP contribution in [-0.2, 0) is 11.3 Å². The highest BCUT2D eigenvalue weighted by Gasteiger charge is 2.25. The van der Waals surface area contributed by atoms with E-state index >= 15 is 0 Å². The molecule has 132 valence electrons. The number of piperazine rings is 1. The second-order valence-electron chi connectivity index (χ2n) is 6.28. The number of carbonyl (C=O) groups is 2. The molecule has 0 unspecified atom stereocenters. The Morgan fingerprint density at radius 1 is 1.04 bits per heavy atom. The topological polar surface area (TPSA) is 57.0 Å². The van der Waals surface area contributed by atoms with Gasteiger partial charge in [-0.2, -0.15) is 0 Å². The maximum Gasteiger partial charge on any atom is 0.289 e. The molecule has 1 aromatic heterocycles. The van der Waals surface area contributed by atoms with Crippen molar-refractivity contribution in [2.45, 2.75) is 6.54 Å². The Labute approximate surface area is 147 Å². The molecule has 0 N–H and O–H groups in total. The van der Waals surface area contributed by atoms with Crippen LogP contribution in [0.3, 0.4) is 0 Å². The number of hydrogen-bond acceptors (Lipinski definition) is 4. The summed E-state index contributed by atoms with van der Waals surface area (Å²) in [7, 11) is 1.83. The molecule has 2 heterocycles. The summed E-state index contributed by atoms with van der Waals surface area (Å²) in [6.07, 6.45) is 1.50. The van der Waals surface area contributed by atoms with Gasteiger partial charge in [0.25, 0.3) is 5.91 Å². The molecule has 2 amide bonds. The number of nitrogens with zero attached hydrogens (tertiary/aromatic N) is 3. The minimum Gasteiger partial charge on any atom is -0.459 e. The molecule has 1 aliphatic rings. The number of amides is 2. The van der Waals surface area contributed by atoms with E-state index in [0.29, 0.717) is 45.0 Å². The number of furan rings is 1. The molecule has 3 rings (SSSR count). The van der Waals surface area contributed by atoms with Crippen molar-refractivity contribution in [3.8, 4) is 0 Å². The van der Waals surface area contributed by atoms with Crippen molar-refractivity contribution in [3.63, 3.8) is 0 Å². The number of rotatable bonds is 5. The fourth-order valence-electron chi connectivity index (χ4n) is 2.92. The summed E-state index contributed by atoms with van der Waals surface area (Å²) >= 11 is 0. The van der Waals surface area contributed by atoms with E-state index in [2.05, 4.69) is 4.90 Å². The molecule has 6 heteroatoms. The van der Waals surface area contributed by atoms with Gasteiger partial charge in [-0.3, -0.25) is 14.5 Å². The highest BCUT2D eigenvalue weighted by molar-refractivity contribution is 5.91. The predicted octanol–water partition coefficient (Wildman–Crippen LogP) is 1.70. The van der Waals surface area contributed by atoms with Crippen LogP contribution in [0.5, 0.6) is 0 Å². The maximum absolute atomic E-state index is 12.4. The standard InChI is InChI=1S/C19H23N3O3/c1-20(14-16-6-3-2-4-7-16)18(23)15-21-9-11-22(12-10-21)19(24)17-8-5-13-25-17/h2-8,13H,9-12,14-15H2,1H3. The largest absolute Gasteiger partial charge is 0.459 e. The van der Waals surface area contributed by atoms with E-state index in [-0.39, 0.29) is 11.8 Å². The van der Waals surface area contributed by atoms with E-state index < -0.39 is 0 Å². The van der Waals surface area contributed by atoms with Gasteiger partial charge < -0.3 is 14.2 Å². The fraction of sp³-hybridized carbons (Fsp3) is 0.368. The molecule has 0 bridgehead atoms. The molecule has 0 spiro atoms. The van der Waals surface area contributed by atoms with Gasteiger partial charge in [0.05, 0.1) is 12.8 Å². The minimum atomic E-state index is -0.0860. The Morgan fingerprint density at radius 3 is 2.40 bits per heavy atom. The van der Waals surface area contributed by atoms with Crippen molar-refractivity contribution < 1.29 is 14.0 Å². The van der Waals surface area contributed by atoms with Crippen molar-refractivity contribution in [3.05, 3.63) is 60.1 Å². The number of hydrogen-bond donors (Lipinski definition) is 0. The van der Waals surface area contributed by atoms with Crippen LogP contribution in [0.2, 0.25) is 0 Å². The summed E-state index contributed by atoms with van der Waals surface area (Å²) in [5.41, 5.74) is 1.12. The molecule has 1 aliphatic heterocycles. The molecule has 1 saturated heterocycles. The SMILES string of the molecule is CN(Cc1ccccc1)C(=O)CN1CCN(C(=O)c2ccco2)CC1. The Balaban J connectivity index is 1.45. The molecule has 1 aromatic carbocycles. The lowest BCUT2D eigenvalue weighted by Crippen LogP contribution is -2.51. The quantitative estimate of drug-likeness (QED) is 0.831. The van der Waals surface area contributed by atoms with Gasteiger partial charge in [-0.05, 0) is 17.7 Å². The van der Waals surface area contributed by atoms with Crippen LogP contribution in [0.25, 0.3) is 0 Å². The Hall–Kier alpha value is -2.60. The van der Waals surface area contributed by atoms with E-state index in [1.807, 2.05) is 37.4 Å². The van der Waals surface area contributed by atoms with Crippen LogP contribution in [0.4, 0.5) is 0 Å². The predicted molar refractivity (Wildman–Crippen MR) is 94.0 cm³/mol. The van der Waals surface area contributed by atoms with Gasteiger partial charge in [0, 0.05) is 39.8 Å². The third kappa shape index (κ3) is 4.48. The van der Waals surface area contributed by atoms with Crippen LogP contribution in [0, 0.1) is 0 Å². The van der Waals surface area contributed by atoms with Crippen molar-refractivity contribution >= 4 is 11.8 Å². The number of likely N-dealkylation sites (N-methyl/N-ethyl adjacent to an activating group) is 1. The third-order valence-electron chi connectivity index (χ3n) is 4.44. The van der Waals surface area contributed by atoms with Crippen molar-refractivity contribution in [1.29, 1.82) is 0 Å². The summed E-state index contributed by atoms with van der Waals surface area (Å²) in [6, 6.07) is 13.3. The third-order valence-corrected chi connectivity index (χ3v) is 4.44. The first kappa shape index (κ1) is 17.2. The molecule has 2 aromatic rings. The second-order valence-corrected chi connectivity index (χ2v) is 6.28. The van der Waals surface area contributed by atoms with Crippen LogP contribution in [0.15, 0.2) is 53.1 Å². The maximum atomic E-state index is 12.4. The summed E-state index contributed by atoms with van der Waals surface area (Å²) in [6.45, 7) is 3.59. The van der Waals surface area contributed by atoms with E-state index in [0.717, 1.165) is 5.56 Å². The summed E-state index contributed by atoms with van der Waals surface area (Å²) in [5.74, 6) is 0.374. The van der Waals surface area contributed by atoms with Crippen molar-refractivity contribution in [1.82, 2.24) is 14.7 Å². The lowest BCUT2D eigenvalue weighted by atomic mass is 10.2. The van der Waals surface area contributed by atoms with Gasteiger partial charge in [0.2, 0.25) is 5.91 Å². The first-order valence-corrected chi connectivity index (χ1v) is 8.46. The summed E-state index contributed by atoms with van der Waals surface area (Å²) in [4.78, 5) is 30.3. The fourth-order valence-corrected chi connectivity index (χ4v) is 2.92. The molecule has 25 heavy (non-hydrogen) atoms. The molecule has 0 saturated carbocycles. The van der Waals surface area contributed by atoms with E-state index in [1.165, 1.54) is 6.26 Å². The summed E-state index contributed by atoms with van der Waals surface area (Å²) in [5, 5.41) is 0. The smallest absolute Gasteiger partial charge is 0.289 e. The van der Waals surface area contributed by atoms with Gasteiger partial charge in [-0.25, -0.2) is 0 Å².